The van der Waals surface area contributed by atoms with Gasteiger partial charge in [0.25, 0.3) is 0 Å². The second-order valence-corrected chi connectivity index (χ2v) is 4.38. The Labute approximate surface area is 109 Å². The monoisotopic (exact) mass is 263 g/mol. The molecular formula is C12H13N3O2S. The highest BCUT2D eigenvalue weighted by Crippen LogP contribution is 2.13. The molecule has 0 aliphatic heterocycles. The fourth-order valence-corrected chi connectivity index (χ4v) is 1.94. The Hall–Kier alpha value is -2.08. The van der Waals surface area contributed by atoms with Crippen LogP contribution in [0.3, 0.4) is 0 Å². The van der Waals surface area contributed by atoms with Crippen LogP contribution in [0.2, 0.25) is 0 Å². The maximum absolute atomic E-state index is 11.5. The van der Waals surface area contributed by atoms with Crippen molar-refractivity contribution in [1.82, 2.24) is 10.3 Å². The van der Waals surface area contributed by atoms with Crippen LogP contribution < -0.4 is 15.4 Å². The Bertz CT molecular complexity index is 513. The van der Waals surface area contributed by atoms with Gasteiger partial charge in [-0.3, -0.25) is 5.32 Å². The third-order valence-corrected chi connectivity index (χ3v) is 2.93. The topological polar surface area (TPSA) is 63.2 Å². The molecule has 0 fully saturated rings. The van der Waals surface area contributed by atoms with Crippen LogP contribution in [0.1, 0.15) is 5.69 Å². The van der Waals surface area contributed by atoms with E-state index in [-0.39, 0.29) is 12.8 Å². The number of hydrogen-bond donors (Lipinski definition) is 2. The first-order valence-electron chi connectivity index (χ1n) is 5.39. The van der Waals surface area contributed by atoms with Gasteiger partial charge in [-0.2, -0.15) is 0 Å². The number of nitrogens with one attached hydrogen (secondary N) is 2. The van der Waals surface area contributed by atoms with Crippen molar-refractivity contribution < 1.29 is 9.53 Å². The Kier molecular flexibility index (Phi) is 4.14. The number of para-hydroxylation sites is 1. The van der Waals surface area contributed by atoms with Crippen LogP contribution in [-0.2, 0) is 0 Å². The molecule has 0 saturated heterocycles. The van der Waals surface area contributed by atoms with Gasteiger partial charge < -0.3 is 10.1 Å². The molecule has 0 bridgehead atoms. The molecule has 0 aliphatic rings. The van der Waals surface area contributed by atoms with E-state index in [0.717, 1.165) is 5.69 Å². The van der Waals surface area contributed by atoms with Gasteiger partial charge in [0.05, 0.1) is 5.69 Å². The number of aromatic nitrogens is 1. The number of urea groups is 1. The number of carbonyl (C=O) groups is 1. The molecule has 1 heterocycles. The second kappa shape index (κ2) is 6.02. The van der Waals surface area contributed by atoms with Crippen molar-refractivity contribution in [3.05, 3.63) is 41.4 Å². The zero-order chi connectivity index (χ0) is 12.8. The van der Waals surface area contributed by atoms with Crippen molar-refractivity contribution >= 4 is 22.5 Å². The maximum atomic E-state index is 11.5. The van der Waals surface area contributed by atoms with Gasteiger partial charge in [-0.15, -0.1) is 11.3 Å². The number of carbonyl (C=O) groups excluding carboxylic acids is 1. The van der Waals surface area contributed by atoms with Gasteiger partial charge in [-0.05, 0) is 19.1 Å². The molecule has 0 unspecified atom stereocenters. The number of aryl methyl sites for hydroxylation is 1. The van der Waals surface area contributed by atoms with E-state index in [1.807, 2.05) is 42.6 Å². The molecule has 0 saturated carbocycles. The lowest BCUT2D eigenvalue weighted by molar-refractivity contribution is 0.234. The third-order valence-electron chi connectivity index (χ3n) is 2.05. The van der Waals surface area contributed by atoms with E-state index in [1.54, 1.807) is 0 Å². The Morgan fingerprint density at radius 1 is 1.39 bits per heavy atom. The van der Waals surface area contributed by atoms with Crippen molar-refractivity contribution in [2.45, 2.75) is 6.92 Å². The summed E-state index contributed by atoms with van der Waals surface area (Å²) in [7, 11) is 0. The first-order chi connectivity index (χ1) is 8.74. The molecular weight excluding hydrogens is 250 g/mol. The molecule has 2 rings (SSSR count). The lowest BCUT2D eigenvalue weighted by Gasteiger charge is -2.07. The van der Waals surface area contributed by atoms with Crippen molar-refractivity contribution in [2.24, 2.45) is 0 Å². The number of thiazole rings is 1. The minimum Gasteiger partial charge on any atom is -0.473 e. The van der Waals surface area contributed by atoms with E-state index < -0.39 is 0 Å². The van der Waals surface area contributed by atoms with Crippen LogP contribution in [0.4, 0.5) is 9.93 Å². The van der Waals surface area contributed by atoms with Gasteiger partial charge in [0.15, 0.2) is 11.9 Å². The molecule has 1 aromatic heterocycles. The number of nitrogens with zero attached hydrogens (tertiary/aromatic N) is 1. The summed E-state index contributed by atoms with van der Waals surface area (Å²) in [5, 5.41) is 7.65. The van der Waals surface area contributed by atoms with Crippen molar-refractivity contribution in [1.29, 1.82) is 0 Å². The van der Waals surface area contributed by atoms with E-state index in [1.165, 1.54) is 11.3 Å². The molecule has 0 radical (unpaired) electrons. The molecule has 94 valence electrons. The summed E-state index contributed by atoms with van der Waals surface area (Å²) in [5.74, 6) is 0.711. The smallest absolute Gasteiger partial charge is 0.323 e. The molecule has 2 amide bonds. The first kappa shape index (κ1) is 12.4. The Morgan fingerprint density at radius 2 is 2.17 bits per heavy atom. The quantitative estimate of drug-likeness (QED) is 0.833. The van der Waals surface area contributed by atoms with Gasteiger partial charge in [0, 0.05) is 5.38 Å². The van der Waals surface area contributed by atoms with E-state index in [9.17, 15) is 4.79 Å². The second-order valence-electron chi connectivity index (χ2n) is 3.53. The van der Waals surface area contributed by atoms with E-state index >= 15 is 0 Å². The number of hydrogen-bond acceptors (Lipinski definition) is 4. The summed E-state index contributed by atoms with van der Waals surface area (Å²) >= 11 is 1.38. The average molecular weight is 263 g/mol. The molecule has 18 heavy (non-hydrogen) atoms. The molecule has 0 atom stereocenters. The summed E-state index contributed by atoms with van der Waals surface area (Å²) in [6.07, 6.45) is 0. The van der Waals surface area contributed by atoms with Crippen LogP contribution in [0, 0.1) is 6.92 Å². The van der Waals surface area contributed by atoms with Crippen molar-refractivity contribution in [3.8, 4) is 5.75 Å². The summed E-state index contributed by atoms with van der Waals surface area (Å²) in [6, 6.07) is 8.95. The highest BCUT2D eigenvalue weighted by atomic mass is 32.1. The average Bonchev–Trinajstić information content (AvgIpc) is 2.76. The van der Waals surface area contributed by atoms with Crippen LogP contribution in [0.5, 0.6) is 5.75 Å². The summed E-state index contributed by atoms with van der Waals surface area (Å²) < 4.78 is 5.33. The zero-order valence-corrected chi connectivity index (χ0v) is 10.7. The summed E-state index contributed by atoms with van der Waals surface area (Å²) in [4.78, 5) is 15.6. The molecule has 6 heteroatoms. The van der Waals surface area contributed by atoms with Gasteiger partial charge in [0.1, 0.15) is 5.75 Å². The number of ether oxygens (including phenoxy) is 1. The molecule has 1 aromatic carbocycles. The normalized spacial score (nSPS) is 9.83. The van der Waals surface area contributed by atoms with Crippen molar-refractivity contribution in [2.75, 3.05) is 12.0 Å². The third kappa shape index (κ3) is 3.74. The van der Waals surface area contributed by atoms with Gasteiger partial charge in [0.2, 0.25) is 0 Å². The fraction of sp³-hybridized carbons (Fsp3) is 0.167. The van der Waals surface area contributed by atoms with Gasteiger partial charge >= 0.3 is 6.03 Å². The van der Waals surface area contributed by atoms with Crippen LogP contribution in [-0.4, -0.2) is 17.7 Å². The highest BCUT2D eigenvalue weighted by Gasteiger charge is 2.04. The van der Waals surface area contributed by atoms with Crippen LogP contribution >= 0.6 is 11.3 Å². The SMILES string of the molecule is Cc1csc(NC(=O)NCOc2ccccc2)n1. The molecule has 0 spiro atoms. The molecule has 2 aromatic rings. The number of amides is 2. The highest BCUT2D eigenvalue weighted by molar-refractivity contribution is 7.13. The largest absolute Gasteiger partial charge is 0.473 e. The fourth-order valence-electron chi connectivity index (χ4n) is 1.25. The molecule has 2 N–H and O–H groups in total. The zero-order valence-electron chi connectivity index (χ0n) is 9.84. The van der Waals surface area contributed by atoms with Gasteiger partial charge in [-0.25, -0.2) is 9.78 Å². The first-order valence-corrected chi connectivity index (χ1v) is 6.27. The summed E-state index contributed by atoms with van der Waals surface area (Å²) in [6.45, 7) is 1.98. The summed E-state index contributed by atoms with van der Waals surface area (Å²) in [5.41, 5.74) is 0.885. The van der Waals surface area contributed by atoms with Crippen molar-refractivity contribution in [3.63, 3.8) is 0 Å². The maximum Gasteiger partial charge on any atom is 0.323 e. The van der Waals surface area contributed by atoms with E-state index in [4.69, 9.17) is 4.74 Å². The number of benzene rings is 1. The lowest BCUT2D eigenvalue weighted by Crippen LogP contribution is -2.31. The van der Waals surface area contributed by atoms with Crippen LogP contribution in [0.25, 0.3) is 0 Å². The number of anilines is 1. The number of rotatable bonds is 4. The van der Waals surface area contributed by atoms with Crippen LogP contribution in [0.15, 0.2) is 35.7 Å². The predicted octanol–water partition coefficient (Wildman–Crippen LogP) is 2.61. The minimum absolute atomic E-state index is 0.111. The Balaban J connectivity index is 1.72. The Morgan fingerprint density at radius 3 is 2.83 bits per heavy atom. The standard InChI is InChI=1S/C12H13N3O2S/c1-9-7-18-12(14-9)15-11(16)13-8-17-10-5-3-2-4-6-10/h2-7H,8H2,1H3,(H2,13,14,15,16). The minimum atomic E-state index is -0.333. The molecule has 5 nitrogen and oxygen atoms in total. The van der Waals surface area contributed by atoms with E-state index in [0.29, 0.717) is 10.9 Å². The van der Waals surface area contributed by atoms with Gasteiger partial charge in [-0.1, -0.05) is 18.2 Å². The lowest BCUT2D eigenvalue weighted by atomic mass is 10.3. The van der Waals surface area contributed by atoms with E-state index in [2.05, 4.69) is 15.6 Å². The predicted molar refractivity (Wildman–Crippen MR) is 70.9 cm³/mol. The molecule has 0 aliphatic carbocycles.